The highest BCUT2D eigenvalue weighted by atomic mass is 16.5. The third kappa shape index (κ3) is 5.15. The standard InChI is InChI=1S/C20H28N2O5/c1-6-25-14-8-9-15(16(10-14)26-7-2)18-17(13(5)21-20(24)22-18)19(23)27-11-12(3)4/h8-10,12,18H,6-7,11H2,1-5H3,(H2,21,22,24). The van der Waals surface area contributed by atoms with Crippen molar-refractivity contribution in [2.45, 2.75) is 40.7 Å². The van der Waals surface area contributed by atoms with Crippen LogP contribution >= 0.6 is 0 Å². The number of ether oxygens (including phenoxy) is 3. The number of hydrogen-bond acceptors (Lipinski definition) is 5. The van der Waals surface area contributed by atoms with E-state index in [9.17, 15) is 9.59 Å². The number of esters is 1. The maximum Gasteiger partial charge on any atom is 0.338 e. The molecule has 1 unspecified atom stereocenters. The summed E-state index contributed by atoms with van der Waals surface area (Å²) in [5.74, 6) is 0.964. The molecular weight excluding hydrogens is 348 g/mol. The van der Waals surface area contributed by atoms with Gasteiger partial charge < -0.3 is 24.8 Å². The molecule has 7 nitrogen and oxygen atoms in total. The smallest absolute Gasteiger partial charge is 0.338 e. The number of urea groups is 1. The molecule has 0 saturated heterocycles. The number of allylic oxidation sites excluding steroid dienone is 1. The Balaban J connectivity index is 2.44. The molecule has 1 aromatic rings. The molecule has 2 amide bonds. The normalized spacial score (nSPS) is 16.7. The van der Waals surface area contributed by atoms with Crippen LogP contribution in [0.5, 0.6) is 11.5 Å². The van der Waals surface area contributed by atoms with Crippen molar-refractivity contribution in [3.8, 4) is 11.5 Å². The quantitative estimate of drug-likeness (QED) is 0.680. The van der Waals surface area contributed by atoms with Crippen molar-refractivity contribution in [2.24, 2.45) is 5.92 Å². The molecular formula is C20H28N2O5. The first-order valence-electron chi connectivity index (χ1n) is 9.22. The molecule has 0 spiro atoms. The number of carbonyl (C=O) groups excluding carboxylic acids is 2. The van der Waals surface area contributed by atoms with E-state index in [1.54, 1.807) is 25.1 Å². The van der Waals surface area contributed by atoms with Crippen LogP contribution in [0.15, 0.2) is 29.5 Å². The van der Waals surface area contributed by atoms with Gasteiger partial charge in [0.05, 0.1) is 31.4 Å². The predicted molar refractivity (Wildman–Crippen MR) is 102 cm³/mol. The Bertz CT molecular complexity index is 727. The van der Waals surface area contributed by atoms with Crippen molar-refractivity contribution in [1.29, 1.82) is 0 Å². The Labute approximate surface area is 160 Å². The zero-order chi connectivity index (χ0) is 20.0. The molecule has 0 bridgehead atoms. The SMILES string of the molecule is CCOc1ccc(C2NC(=O)NC(C)=C2C(=O)OCC(C)C)c(OCC)c1. The molecule has 0 radical (unpaired) electrons. The van der Waals surface area contributed by atoms with Gasteiger partial charge in [-0.25, -0.2) is 9.59 Å². The Kier molecular flexibility index (Phi) is 7.10. The van der Waals surface area contributed by atoms with Crippen LogP contribution in [-0.2, 0) is 9.53 Å². The summed E-state index contributed by atoms with van der Waals surface area (Å²) in [6.07, 6.45) is 0. The fourth-order valence-electron chi connectivity index (χ4n) is 2.81. The third-order valence-corrected chi connectivity index (χ3v) is 3.94. The average Bonchev–Trinajstić information content (AvgIpc) is 2.60. The van der Waals surface area contributed by atoms with E-state index < -0.39 is 12.0 Å². The molecule has 1 heterocycles. The first-order valence-corrected chi connectivity index (χ1v) is 9.22. The van der Waals surface area contributed by atoms with E-state index in [-0.39, 0.29) is 11.9 Å². The summed E-state index contributed by atoms with van der Waals surface area (Å²) in [4.78, 5) is 24.8. The summed E-state index contributed by atoms with van der Waals surface area (Å²) >= 11 is 0. The molecule has 0 aromatic heterocycles. The molecule has 2 N–H and O–H groups in total. The fourth-order valence-corrected chi connectivity index (χ4v) is 2.81. The van der Waals surface area contributed by atoms with Gasteiger partial charge in [-0.15, -0.1) is 0 Å². The van der Waals surface area contributed by atoms with E-state index in [1.165, 1.54) is 0 Å². The number of rotatable bonds is 8. The summed E-state index contributed by atoms with van der Waals surface area (Å²) in [5.41, 5.74) is 1.50. The van der Waals surface area contributed by atoms with Crippen LogP contribution in [0.3, 0.4) is 0 Å². The van der Waals surface area contributed by atoms with Gasteiger partial charge in [0.1, 0.15) is 11.5 Å². The molecule has 0 aliphatic carbocycles. The lowest BCUT2D eigenvalue weighted by atomic mass is 9.94. The Hall–Kier alpha value is -2.70. The van der Waals surface area contributed by atoms with E-state index in [1.807, 2.05) is 27.7 Å². The number of amides is 2. The number of hydrogen-bond donors (Lipinski definition) is 2. The average molecular weight is 376 g/mol. The lowest BCUT2D eigenvalue weighted by molar-refractivity contribution is -0.140. The van der Waals surface area contributed by atoms with Gasteiger partial charge in [-0.3, -0.25) is 0 Å². The summed E-state index contributed by atoms with van der Waals surface area (Å²) < 4.78 is 16.7. The van der Waals surface area contributed by atoms with Gasteiger partial charge in [0.25, 0.3) is 0 Å². The van der Waals surface area contributed by atoms with E-state index in [4.69, 9.17) is 14.2 Å². The monoisotopic (exact) mass is 376 g/mol. The van der Waals surface area contributed by atoms with E-state index in [0.29, 0.717) is 48.2 Å². The number of benzene rings is 1. The van der Waals surface area contributed by atoms with Gasteiger partial charge in [0.2, 0.25) is 0 Å². The summed E-state index contributed by atoms with van der Waals surface area (Å²) in [6, 6.07) is 4.31. The van der Waals surface area contributed by atoms with Crippen LogP contribution < -0.4 is 20.1 Å². The number of carbonyl (C=O) groups is 2. The molecule has 1 aliphatic rings. The van der Waals surface area contributed by atoms with Crippen molar-refractivity contribution < 1.29 is 23.8 Å². The van der Waals surface area contributed by atoms with E-state index >= 15 is 0 Å². The fraction of sp³-hybridized carbons (Fsp3) is 0.500. The molecule has 2 rings (SSSR count). The van der Waals surface area contributed by atoms with Crippen molar-refractivity contribution in [2.75, 3.05) is 19.8 Å². The van der Waals surface area contributed by atoms with Gasteiger partial charge in [-0.05, 0) is 38.8 Å². The van der Waals surface area contributed by atoms with Gasteiger partial charge in [0, 0.05) is 17.3 Å². The molecule has 1 aromatic carbocycles. The zero-order valence-electron chi connectivity index (χ0n) is 16.5. The second kappa shape index (κ2) is 9.30. The summed E-state index contributed by atoms with van der Waals surface area (Å²) in [5, 5.41) is 5.45. The van der Waals surface area contributed by atoms with Crippen LogP contribution in [0.4, 0.5) is 4.79 Å². The van der Waals surface area contributed by atoms with Crippen molar-refractivity contribution in [1.82, 2.24) is 10.6 Å². The van der Waals surface area contributed by atoms with Crippen LogP contribution in [0.1, 0.15) is 46.2 Å². The minimum Gasteiger partial charge on any atom is -0.494 e. The van der Waals surface area contributed by atoms with Crippen LogP contribution in [-0.4, -0.2) is 31.8 Å². The van der Waals surface area contributed by atoms with Gasteiger partial charge in [-0.2, -0.15) is 0 Å². The molecule has 0 saturated carbocycles. The predicted octanol–water partition coefficient (Wildman–Crippen LogP) is 3.31. The van der Waals surface area contributed by atoms with Gasteiger partial charge in [0.15, 0.2) is 0 Å². The maximum absolute atomic E-state index is 12.7. The second-order valence-corrected chi connectivity index (χ2v) is 6.63. The highest BCUT2D eigenvalue weighted by Crippen LogP contribution is 2.36. The van der Waals surface area contributed by atoms with E-state index in [0.717, 1.165) is 0 Å². The minimum atomic E-state index is -0.671. The Morgan fingerprint density at radius 1 is 1.19 bits per heavy atom. The molecule has 148 valence electrons. The molecule has 27 heavy (non-hydrogen) atoms. The number of nitrogens with one attached hydrogen (secondary N) is 2. The molecule has 1 atom stereocenters. The topological polar surface area (TPSA) is 85.9 Å². The van der Waals surface area contributed by atoms with Gasteiger partial charge in [-0.1, -0.05) is 13.8 Å². The van der Waals surface area contributed by atoms with Crippen molar-refractivity contribution in [3.63, 3.8) is 0 Å². The summed E-state index contributed by atoms with van der Waals surface area (Å²) in [7, 11) is 0. The van der Waals surface area contributed by atoms with E-state index in [2.05, 4.69) is 10.6 Å². The lowest BCUT2D eigenvalue weighted by Gasteiger charge is -2.29. The maximum atomic E-state index is 12.7. The molecule has 7 heteroatoms. The second-order valence-electron chi connectivity index (χ2n) is 6.63. The first kappa shape index (κ1) is 20.6. The lowest BCUT2D eigenvalue weighted by Crippen LogP contribution is -2.45. The van der Waals surface area contributed by atoms with Crippen molar-refractivity contribution in [3.05, 3.63) is 35.0 Å². The summed E-state index contributed by atoms with van der Waals surface area (Å²) in [6.45, 7) is 10.7. The van der Waals surface area contributed by atoms with Crippen LogP contribution in [0.2, 0.25) is 0 Å². The Morgan fingerprint density at radius 3 is 2.52 bits per heavy atom. The van der Waals surface area contributed by atoms with Crippen LogP contribution in [0, 0.1) is 5.92 Å². The van der Waals surface area contributed by atoms with Crippen molar-refractivity contribution >= 4 is 12.0 Å². The molecule has 0 fully saturated rings. The highest BCUT2D eigenvalue weighted by molar-refractivity contribution is 5.95. The highest BCUT2D eigenvalue weighted by Gasteiger charge is 2.34. The largest absolute Gasteiger partial charge is 0.494 e. The Morgan fingerprint density at radius 2 is 1.89 bits per heavy atom. The first-order chi connectivity index (χ1) is 12.9. The minimum absolute atomic E-state index is 0.212. The zero-order valence-corrected chi connectivity index (χ0v) is 16.5. The molecule has 1 aliphatic heterocycles. The van der Waals surface area contributed by atoms with Gasteiger partial charge >= 0.3 is 12.0 Å². The van der Waals surface area contributed by atoms with Crippen LogP contribution in [0.25, 0.3) is 0 Å². The third-order valence-electron chi connectivity index (χ3n) is 3.94.